The molecule has 0 aliphatic rings. The average Bonchev–Trinajstić information content (AvgIpc) is 2.47. The van der Waals surface area contributed by atoms with Crippen LogP contribution < -0.4 is 5.32 Å². The first kappa shape index (κ1) is 9.33. The summed E-state index contributed by atoms with van der Waals surface area (Å²) in [4.78, 5) is 0. The predicted molar refractivity (Wildman–Crippen MR) is 50.0 cm³/mol. The van der Waals surface area contributed by atoms with Gasteiger partial charge in [0.1, 0.15) is 11.5 Å². The molecule has 2 nitrogen and oxygen atoms in total. The van der Waals surface area contributed by atoms with Gasteiger partial charge in [0.05, 0.1) is 6.54 Å². The van der Waals surface area contributed by atoms with Crippen molar-refractivity contribution in [3.8, 4) is 0 Å². The molecule has 1 aromatic rings. The minimum atomic E-state index is 0.565. The van der Waals surface area contributed by atoms with Gasteiger partial charge in [0.25, 0.3) is 0 Å². The van der Waals surface area contributed by atoms with Crippen LogP contribution in [-0.2, 0) is 6.54 Å². The Balaban J connectivity index is 2.33. The number of aryl methyl sites for hydroxylation is 1. The summed E-state index contributed by atoms with van der Waals surface area (Å²) in [6, 6.07) is 4.58. The lowest BCUT2D eigenvalue weighted by molar-refractivity contribution is 0.436. The quantitative estimate of drug-likeness (QED) is 0.745. The number of hydrogen-bond donors (Lipinski definition) is 1. The summed E-state index contributed by atoms with van der Waals surface area (Å²) in [7, 11) is 0. The number of furan rings is 1. The summed E-state index contributed by atoms with van der Waals surface area (Å²) in [6.07, 6.45) is 1.15. The molecule has 0 bridgehead atoms. The molecule has 0 aliphatic carbocycles. The molecule has 0 saturated carbocycles. The standard InChI is InChI=1S/C10H17NO/c1-4-8(2)11-7-10-6-5-9(3)12-10/h5-6,8,11H,4,7H2,1-3H3. The predicted octanol–water partition coefficient (Wildman–Crippen LogP) is 2.48. The van der Waals surface area contributed by atoms with Crippen LogP contribution in [0.1, 0.15) is 31.8 Å². The fourth-order valence-electron chi connectivity index (χ4n) is 0.999. The highest BCUT2D eigenvalue weighted by atomic mass is 16.3. The van der Waals surface area contributed by atoms with E-state index in [0.717, 1.165) is 24.5 Å². The van der Waals surface area contributed by atoms with E-state index in [1.807, 2.05) is 19.1 Å². The van der Waals surface area contributed by atoms with Crippen molar-refractivity contribution < 1.29 is 4.42 Å². The van der Waals surface area contributed by atoms with Crippen molar-refractivity contribution in [2.75, 3.05) is 0 Å². The lowest BCUT2D eigenvalue weighted by atomic mass is 10.2. The highest BCUT2D eigenvalue weighted by Crippen LogP contribution is 2.05. The smallest absolute Gasteiger partial charge is 0.117 e. The summed E-state index contributed by atoms with van der Waals surface area (Å²) < 4.78 is 5.42. The van der Waals surface area contributed by atoms with E-state index < -0.39 is 0 Å². The summed E-state index contributed by atoms with van der Waals surface area (Å²) in [5, 5.41) is 3.37. The van der Waals surface area contributed by atoms with E-state index in [0.29, 0.717) is 6.04 Å². The first-order chi connectivity index (χ1) is 5.72. The molecular weight excluding hydrogens is 150 g/mol. The fraction of sp³-hybridized carbons (Fsp3) is 0.600. The van der Waals surface area contributed by atoms with Gasteiger partial charge < -0.3 is 9.73 Å². The maximum atomic E-state index is 5.42. The largest absolute Gasteiger partial charge is 0.465 e. The average molecular weight is 167 g/mol. The number of nitrogens with one attached hydrogen (secondary N) is 1. The van der Waals surface area contributed by atoms with E-state index in [-0.39, 0.29) is 0 Å². The molecule has 2 heteroatoms. The second-order valence-electron chi connectivity index (χ2n) is 3.20. The summed E-state index contributed by atoms with van der Waals surface area (Å²) in [6.45, 7) is 7.15. The van der Waals surface area contributed by atoms with E-state index in [1.165, 1.54) is 0 Å². The fourth-order valence-corrected chi connectivity index (χ4v) is 0.999. The lowest BCUT2D eigenvalue weighted by Crippen LogP contribution is -2.24. The monoisotopic (exact) mass is 167 g/mol. The van der Waals surface area contributed by atoms with Crippen LogP contribution in [0.5, 0.6) is 0 Å². The normalized spacial score (nSPS) is 13.2. The molecule has 0 fully saturated rings. The maximum Gasteiger partial charge on any atom is 0.117 e. The Bertz CT molecular complexity index is 229. The molecule has 1 aromatic heterocycles. The summed E-state index contributed by atoms with van der Waals surface area (Å²) in [5.41, 5.74) is 0. The Morgan fingerprint density at radius 3 is 2.75 bits per heavy atom. The van der Waals surface area contributed by atoms with Crippen molar-refractivity contribution >= 4 is 0 Å². The zero-order chi connectivity index (χ0) is 8.97. The van der Waals surface area contributed by atoms with E-state index in [4.69, 9.17) is 4.42 Å². The van der Waals surface area contributed by atoms with Gasteiger partial charge >= 0.3 is 0 Å². The molecule has 1 rings (SSSR count). The molecule has 0 aliphatic heterocycles. The van der Waals surface area contributed by atoms with Gasteiger partial charge in [0, 0.05) is 6.04 Å². The Kier molecular flexibility index (Phi) is 3.35. The number of rotatable bonds is 4. The highest BCUT2D eigenvalue weighted by Gasteiger charge is 2.00. The highest BCUT2D eigenvalue weighted by molar-refractivity contribution is 5.05. The Labute approximate surface area is 74.0 Å². The van der Waals surface area contributed by atoms with Crippen molar-refractivity contribution in [3.05, 3.63) is 23.7 Å². The molecule has 1 heterocycles. The van der Waals surface area contributed by atoms with Crippen molar-refractivity contribution in [2.24, 2.45) is 0 Å². The third kappa shape index (κ3) is 2.70. The summed E-state index contributed by atoms with van der Waals surface area (Å²) in [5.74, 6) is 2.00. The SMILES string of the molecule is CCC(C)NCc1ccc(C)o1. The molecule has 1 N–H and O–H groups in total. The molecule has 1 atom stereocenters. The second kappa shape index (κ2) is 4.31. The topological polar surface area (TPSA) is 25.2 Å². The van der Waals surface area contributed by atoms with Gasteiger partial charge in [-0.05, 0) is 32.4 Å². The van der Waals surface area contributed by atoms with Crippen LogP contribution >= 0.6 is 0 Å². The minimum absolute atomic E-state index is 0.565. The van der Waals surface area contributed by atoms with Gasteiger partial charge in [-0.1, -0.05) is 6.92 Å². The molecule has 0 saturated heterocycles. The van der Waals surface area contributed by atoms with Crippen molar-refractivity contribution in [1.29, 1.82) is 0 Å². The first-order valence-electron chi connectivity index (χ1n) is 4.51. The van der Waals surface area contributed by atoms with Gasteiger partial charge in [-0.3, -0.25) is 0 Å². The minimum Gasteiger partial charge on any atom is -0.465 e. The van der Waals surface area contributed by atoms with E-state index in [1.54, 1.807) is 0 Å². The molecule has 1 unspecified atom stereocenters. The summed E-state index contributed by atoms with van der Waals surface area (Å²) >= 11 is 0. The zero-order valence-corrected chi connectivity index (χ0v) is 8.05. The first-order valence-corrected chi connectivity index (χ1v) is 4.51. The van der Waals surface area contributed by atoms with Gasteiger partial charge in [-0.25, -0.2) is 0 Å². The van der Waals surface area contributed by atoms with Gasteiger partial charge in [-0.15, -0.1) is 0 Å². The van der Waals surface area contributed by atoms with Crippen LogP contribution in [-0.4, -0.2) is 6.04 Å². The molecule has 0 spiro atoms. The maximum absolute atomic E-state index is 5.42. The second-order valence-corrected chi connectivity index (χ2v) is 3.20. The van der Waals surface area contributed by atoms with Crippen LogP contribution in [0.25, 0.3) is 0 Å². The Morgan fingerprint density at radius 1 is 1.50 bits per heavy atom. The third-order valence-corrected chi connectivity index (χ3v) is 2.03. The molecule has 0 aromatic carbocycles. The molecule has 0 radical (unpaired) electrons. The van der Waals surface area contributed by atoms with Crippen molar-refractivity contribution in [3.63, 3.8) is 0 Å². The molecule has 0 amide bonds. The van der Waals surface area contributed by atoms with Gasteiger partial charge in [0.15, 0.2) is 0 Å². The number of hydrogen-bond acceptors (Lipinski definition) is 2. The Hall–Kier alpha value is -0.760. The van der Waals surface area contributed by atoms with E-state index in [9.17, 15) is 0 Å². The Morgan fingerprint density at radius 2 is 2.25 bits per heavy atom. The van der Waals surface area contributed by atoms with Gasteiger partial charge in [0.2, 0.25) is 0 Å². The van der Waals surface area contributed by atoms with Gasteiger partial charge in [-0.2, -0.15) is 0 Å². The molecular formula is C10H17NO. The van der Waals surface area contributed by atoms with Crippen LogP contribution in [0.2, 0.25) is 0 Å². The zero-order valence-electron chi connectivity index (χ0n) is 8.05. The van der Waals surface area contributed by atoms with Crippen LogP contribution in [0, 0.1) is 6.92 Å². The van der Waals surface area contributed by atoms with Crippen LogP contribution in [0.15, 0.2) is 16.5 Å². The van der Waals surface area contributed by atoms with E-state index >= 15 is 0 Å². The lowest BCUT2D eigenvalue weighted by Gasteiger charge is -2.08. The molecule has 68 valence electrons. The van der Waals surface area contributed by atoms with Crippen LogP contribution in [0.3, 0.4) is 0 Å². The van der Waals surface area contributed by atoms with E-state index in [2.05, 4.69) is 19.2 Å². The molecule has 12 heavy (non-hydrogen) atoms. The van der Waals surface area contributed by atoms with Crippen LogP contribution in [0.4, 0.5) is 0 Å². The third-order valence-electron chi connectivity index (χ3n) is 2.03. The van der Waals surface area contributed by atoms with Crippen molar-refractivity contribution in [2.45, 2.75) is 39.8 Å². The van der Waals surface area contributed by atoms with Crippen molar-refractivity contribution in [1.82, 2.24) is 5.32 Å².